The summed E-state index contributed by atoms with van der Waals surface area (Å²) in [5.74, 6) is -0.0207. The third-order valence-corrected chi connectivity index (χ3v) is 4.56. The van der Waals surface area contributed by atoms with E-state index in [1.807, 2.05) is 16.7 Å². The highest BCUT2D eigenvalue weighted by atomic mass is 32.2. The Kier molecular flexibility index (Phi) is 5.43. The molecule has 0 bridgehead atoms. The molecule has 2 rings (SSSR count). The Morgan fingerprint density at radius 2 is 2.38 bits per heavy atom. The minimum Gasteiger partial charge on any atom is -0.480 e. The van der Waals surface area contributed by atoms with E-state index in [4.69, 9.17) is 5.11 Å². The first kappa shape index (κ1) is 15.6. The Bertz CT molecular complexity index is 507. The maximum atomic E-state index is 12.1. The quantitative estimate of drug-likeness (QED) is 0.816. The third kappa shape index (κ3) is 4.62. The fourth-order valence-electron chi connectivity index (χ4n) is 2.06. The molecule has 1 aliphatic heterocycles. The highest BCUT2D eigenvalue weighted by Gasteiger charge is 2.22. The predicted molar refractivity (Wildman–Crippen MR) is 78.0 cm³/mol. The van der Waals surface area contributed by atoms with Crippen molar-refractivity contribution in [3.05, 3.63) is 11.9 Å². The Labute approximate surface area is 126 Å². The van der Waals surface area contributed by atoms with Gasteiger partial charge in [-0.05, 0) is 6.42 Å². The number of nitrogens with zero attached hydrogens (tertiary/aromatic N) is 4. The third-order valence-electron chi connectivity index (χ3n) is 3.19. The molecular formula is C12H19N5O3S. The summed E-state index contributed by atoms with van der Waals surface area (Å²) in [5.41, 5.74) is 0.544. The van der Waals surface area contributed by atoms with E-state index in [2.05, 4.69) is 22.6 Å². The fourth-order valence-corrected chi connectivity index (χ4v) is 3.24. The monoisotopic (exact) mass is 313 g/mol. The van der Waals surface area contributed by atoms with E-state index in [-0.39, 0.29) is 19.1 Å². The lowest BCUT2D eigenvalue weighted by Crippen LogP contribution is -2.46. The summed E-state index contributed by atoms with van der Waals surface area (Å²) >= 11 is 1.90. The molecule has 1 saturated heterocycles. The van der Waals surface area contributed by atoms with Crippen LogP contribution in [0.2, 0.25) is 0 Å². The molecule has 9 heteroatoms. The standard InChI is InChI=1S/C12H19N5O3S/c1-2-10-7-16(3-4-21-10)12(20)13-5-9-6-17(15-14-9)8-11(18)19/h6,10H,2-5,7-8H2,1H3,(H,13,20)(H,18,19). The van der Waals surface area contributed by atoms with Gasteiger partial charge in [-0.1, -0.05) is 12.1 Å². The van der Waals surface area contributed by atoms with Gasteiger partial charge in [0, 0.05) is 24.1 Å². The van der Waals surface area contributed by atoms with Gasteiger partial charge in [-0.3, -0.25) is 4.79 Å². The van der Waals surface area contributed by atoms with Gasteiger partial charge in [0.15, 0.2) is 0 Å². The van der Waals surface area contributed by atoms with Crippen LogP contribution in [-0.2, 0) is 17.9 Å². The van der Waals surface area contributed by atoms with Gasteiger partial charge in [0.05, 0.1) is 12.7 Å². The van der Waals surface area contributed by atoms with Crippen molar-refractivity contribution in [3.8, 4) is 0 Å². The molecule has 0 aromatic carbocycles. The number of amides is 2. The zero-order valence-corrected chi connectivity index (χ0v) is 12.7. The maximum Gasteiger partial charge on any atom is 0.325 e. The van der Waals surface area contributed by atoms with E-state index in [0.29, 0.717) is 10.9 Å². The number of aliphatic carboxylic acids is 1. The summed E-state index contributed by atoms with van der Waals surface area (Å²) in [4.78, 5) is 24.4. The van der Waals surface area contributed by atoms with E-state index < -0.39 is 5.97 Å². The average Bonchev–Trinajstić information content (AvgIpc) is 2.91. The second-order valence-electron chi connectivity index (χ2n) is 4.81. The molecule has 116 valence electrons. The summed E-state index contributed by atoms with van der Waals surface area (Å²) in [6, 6.07) is -0.110. The van der Waals surface area contributed by atoms with Gasteiger partial charge in [0.1, 0.15) is 12.2 Å². The average molecular weight is 313 g/mol. The van der Waals surface area contributed by atoms with Gasteiger partial charge >= 0.3 is 12.0 Å². The summed E-state index contributed by atoms with van der Waals surface area (Å²) in [5, 5.41) is 19.5. The summed E-state index contributed by atoms with van der Waals surface area (Å²) in [6.07, 6.45) is 2.58. The first-order chi connectivity index (χ1) is 10.1. The number of nitrogens with one attached hydrogen (secondary N) is 1. The van der Waals surface area contributed by atoms with Crippen LogP contribution in [-0.4, -0.2) is 61.1 Å². The molecule has 1 aliphatic rings. The molecule has 0 saturated carbocycles. The molecule has 0 aliphatic carbocycles. The Hall–Kier alpha value is -1.77. The second-order valence-corrected chi connectivity index (χ2v) is 6.22. The number of hydrogen-bond donors (Lipinski definition) is 2. The van der Waals surface area contributed by atoms with Gasteiger partial charge in [0.2, 0.25) is 0 Å². The minimum atomic E-state index is -0.980. The largest absolute Gasteiger partial charge is 0.480 e. The number of carbonyl (C=O) groups excluding carboxylic acids is 1. The number of hydrogen-bond acceptors (Lipinski definition) is 5. The van der Waals surface area contributed by atoms with Crippen molar-refractivity contribution in [1.82, 2.24) is 25.2 Å². The summed E-state index contributed by atoms with van der Waals surface area (Å²) in [7, 11) is 0. The molecule has 1 fully saturated rings. The summed E-state index contributed by atoms with van der Waals surface area (Å²) < 4.78 is 1.23. The lowest BCUT2D eigenvalue weighted by molar-refractivity contribution is -0.137. The molecule has 0 spiro atoms. The van der Waals surface area contributed by atoms with E-state index in [9.17, 15) is 9.59 Å². The zero-order chi connectivity index (χ0) is 15.2. The van der Waals surface area contributed by atoms with Crippen LogP contribution in [0.1, 0.15) is 19.0 Å². The topological polar surface area (TPSA) is 100 Å². The van der Waals surface area contributed by atoms with Gasteiger partial charge in [-0.25, -0.2) is 9.48 Å². The highest BCUT2D eigenvalue weighted by Crippen LogP contribution is 2.20. The van der Waals surface area contributed by atoms with E-state index in [0.717, 1.165) is 25.3 Å². The molecule has 8 nitrogen and oxygen atoms in total. The van der Waals surface area contributed by atoms with Crippen molar-refractivity contribution >= 4 is 23.8 Å². The molecule has 2 heterocycles. The van der Waals surface area contributed by atoms with E-state index >= 15 is 0 Å². The molecule has 1 aromatic heterocycles. The molecule has 2 amide bonds. The number of carbonyl (C=O) groups is 2. The molecular weight excluding hydrogens is 294 g/mol. The Morgan fingerprint density at radius 3 is 3.10 bits per heavy atom. The van der Waals surface area contributed by atoms with Crippen LogP contribution in [0.15, 0.2) is 6.20 Å². The van der Waals surface area contributed by atoms with Gasteiger partial charge in [-0.15, -0.1) is 5.10 Å². The van der Waals surface area contributed by atoms with E-state index in [1.54, 1.807) is 0 Å². The number of aromatic nitrogens is 3. The molecule has 0 radical (unpaired) electrons. The van der Waals surface area contributed by atoms with Crippen LogP contribution in [0.4, 0.5) is 4.79 Å². The minimum absolute atomic E-state index is 0.110. The van der Waals surface area contributed by atoms with Crippen LogP contribution in [0, 0.1) is 0 Å². The molecule has 1 atom stereocenters. The molecule has 21 heavy (non-hydrogen) atoms. The smallest absolute Gasteiger partial charge is 0.325 e. The first-order valence-electron chi connectivity index (χ1n) is 6.83. The number of carboxylic acids is 1. The van der Waals surface area contributed by atoms with Crippen LogP contribution in [0.5, 0.6) is 0 Å². The van der Waals surface area contributed by atoms with E-state index in [1.165, 1.54) is 10.9 Å². The number of thioether (sulfide) groups is 1. The lowest BCUT2D eigenvalue weighted by atomic mass is 10.3. The van der Waals surface area contributed by atoms with Crippen molar-refractivity contribution in [3.63, 3.8) is 0 Å². The zero-order valence-electron chi connectivity index (χ0n) is 11.9. The van der Waals surface area contributed by atoms with Crippen molar-refractivity contribution in [2.75, 3.05) is 18.8 Å². The van der Waals surface area contributed by atoms with Gasteiger partial charge in [0.25, 0.3) is 0 Å². The Morgan fingerprint density at radius 1 is 1.57 bits per heavy atom. The molecule has 1 unspecified atom stereocenters. The Balaban J connectivity index is 1.80. The SMILES string of the molecule is CCC1CN(C(=O)NCc2cn(CC(=O)O)nn2)CCS1. The lowest BCUT2D eigenvalue weighted by Gasteiger charge is -2.31. The summed E-state index contributed by atoms with van der Waals surface area (Å²) in [6.45, 7) is 3.65. The normalized spacial score (nSPS) is 18.5. The second kappa shape index (κ2) is 7.30. The van der Waals surface area contributed by atoms with Crippen LogP contribution >= 0.6 is 11.8 Å². The van der Waals surface area contributed by atoms with Gasteiger partial charge in [-0.2, -0.15) is 11.8 Å². The molecule has 1 aromatic rings. The number of carboxylic acid groups (broad SMARTS) is 1. The van der Waals surface area contributed by atoms with Crippen LogP contribution in [0.25, 0.3) is 0 Å². The maximum absolute atomic E-state index is 12.1. The predicted octanol–water partition coefficient (Wildman–Crippen LogP) is 0.400. The van der Waals surface area contributed by atoms with Crippen LogP contribution < -0.4 is 5.32 Å². The first-order valence-corrected chi connectivity index (χ1v) is 7.88. The van der Waals surface area contributed by atoms with Crippen molar-refractivity contribution in [2.45, 2.75) is 31.7 Å². The molecule has 2 N–H and O–H groups in total. The highest BCUT2D eigenvalue weighted by molar-refractivity contribution is 8.00. The number of rotatable bonds is 5. The van der Waals surface area contributed by atoms with Crippen molar-refractivity contribution < 1.29 is 14.7 Å². The van der Waals surface area contributed by atoms with Crippen LogP contribution in [0.3, 0.4) is 0 Å². The fraction of sp³-hybridized carbons (Fsp3) is 0.667. The van der Waals surface area contributed by atoms with Crippen molar-refractivity contribution in [2.24, 2.45) is 0 Å². The van der Waals surface area contributed by atoms with Gasteiger partial charge < -0.3 is 15.3 Å². The number of urea groups is 1. The van der Waals surface area contributed by atoms with Crippen molar-refractivity contribution in [1.29, 1.82) is 0 Å².